The summed E-state index contributed by atoms with van der Waals surface area (Å²) in [6.07, 6.45) is 7.44. The minimum Gasteiger partial charge on any atom is -0.349 e. The number of hydrogen-bond donors (Lipinski definition) is 1. The van der Waals surface area contributed by atoms with Gasteiger partial charge in [0.15, 0.2) is 0 Å². The van der Waals surface area contributed by atoms with Crippen molar-refractivity contribution in [1.82, 2.24) is 20.1 Å². The van der Waals surface area contributed by atoms with E-state index in [2.05, 4.69) is 15.4 Å². The third-order valence-corrected chi connectivity index (χ3v) is 2.94. The van der Waals surface area contributed by atoms with E-state index in [1.54, 1.807) is 23.1 Å². The summed E-state index contributed by atoms with van der Waals surface area (Å²) in [7, 11) is 1.86. The van der Waals surface area contributed by atoms with E-state index in [4.69, 9.17) is 0 Å². The fourth-order valence-corrected chi connectivity index (χ4v) is 1.75. The molecule has 0 aliphatic heterocycles. The van der Waals surface area contributed by atoms with Gasteiger partial charge in [0.1, 0.15) is 0 Å². The Morgan fingerprint density at radius 3 is 2.78 bits per heavy atom. The Labute approximate surface area is 105 Å². The van der Waals surface area contributed by atoms with Crippen LogP contribution in [0.1, 0.15) is 23.2 Å². The number of carbonyl (C=O) groups excluding carboxylic acids is 1. The number of hydrogen-bond acceptors (Lipinski definition) is 3. The number of carbonyl (C=O) groups is 1. The summed E-state index contributed by atoms with van der Waals surface area (Å²) < 4.78 is 1.73. The van der Waals surface area contributed by atoms with Gasteiger partial charge in [-0.25, -0.2) is 0 Å². The molecule has 2 aromatic heterocycles. The third kappa shape index (κ3) is 2.25. The normalized spacial score (nSPS) is 14.5. The number of aryl methyl sites for hydroxylation is 1. The maximum atomic E-state index is 11.8. The molecule has 0 saturated heterocycles. The lowest BCUT2D eigenvalue weighted by Gasteiger charge is -2.03. The molecule has 0 bridgehead atoms. The molecule has 92 valence electrons. The van der Waals surface area contributed by atoms with Crippen molar-refractivity contribution in [2.75, 3.05) is 0 Å². The van der Waals surface area contributed by atoms with E-state index in [9.17, 15) is 4.79 Å². The maximum absolute atomic E-state index is 11.8. The van der Waals surface area contributed by atoms with E-state index in [1.165, 1.54) is 0 Å². The van der Waals surface area contributed by atoms with Gasteiger partial charge in [0.2, 0.25) is 0 Å². The Morgan fingerprint density at radius 2 is 2.22 bits per heavy atom. The molecule has 1 amide bonds. The maximum Gasteiger partial charge on any atom is 0.253 e. The quantitative estimate of drug-likeness (QED) is 0.884. The highest BCUT2D eigenvalue weighted by Crippen LogP contribution is 2.20. The van der Waals surface area contributed by atoms with Crippen LogP contribution in [0.4, 0.5) is 0 Å². The number of aromatic nitrogens is 3. The Kier molecular flexibility index (Phi) is 2.59. The van der Waals surface area contributed by atoms with Crippen molar-refractivity contribution in [3.8, 4) is 11.3 Å². The fraction of sp³-hybridized carbons (Fsp3) is 0.308. The number of amides is 1. The molecule has 0 spiro atoms. The molecule has 0 unspecified atom stereocenters. The zero-order valence-electron chi connectivity index (χ0n) is 10.1. The average molecular weight is 242 g/mol. The molecular weight excluding hydrogens is 228 g/mol. The van der Waals surface area contributed by atoms with Crippen molar-refractivity contribution in [3.63, 3.8) is 0 Å². The summed E-state index contributed by atoms with van der Waals surface area (Å²) in [5, 5.41) is 7.03. The lowest BCUT2D eigenvalue weighted by Crippen LogP contribution is -2.25. The van der Waals surface area contributed by atoms with Crippen LogP contribution in [0.15, 0.2) is 30.7 Å². The van der Waals surface area contributed by atoms with Crippen LogP contribution in [0.25, 0.3) is 11.3 Å². The highest BCUT2D eigenvalue weighted by Gasteiger charge is 2.23. The van der Waals surface area contributed by atoms with Crippen LogP contribution in [0.3, 0.4) is 0 Å². The number of nitrogens with one attached hydrogen (secondary N) is 1. The van der Waals surface area contributed by atoms with Crippen molar-refractivity contribution >= 4 is 5.91 Å². The zero-order valence-corrected chi connectivity index (χ0v) is 10.1. The van der Waals surface area contributed by atoms with Gasteiger partial charge >= 0.3 is 0 Å². The van der Waals surface area contributed by atoms with Gasteiger partial charge in [0.05, 0.1) is 17.5 Å². The molecule has 18 heavy (non-hydrogen) atoms. The van der Waals surface area contributed by atoms with E-state index < -0.39 is 0 Å². The van der Waals surface area contributed by atoms with Crippen LogP contribution in [0.5, 0.6) is 0 Å². The van der Waals surface area contributed by atoms with Gasteiger partial charge in [-0.3, -0.25) is 14.5 Å². The first kappa shape index (κ1) is 11.0. The monoisotopic (exact) mass is 242 g/mol. The van der Waals surface area contributed by atoms with Gasteiger partial charge in [-0.2, -0.15) is 5.10 Å². The Hall–Kier alpha value is -2.17. The Morgan fingerprint density at radius 1 is 1.39 bits per heavy atom. The molecule has 5 heteroatoms. The lowest BCUT2D eigenvalue weighted by molar-refractivity contribution is 0.0951. The van der Waals surface area contributed by atoms with Gasteiger partial charge in [0.25, 0.3) is 5.91 Å². The fourth-order valence-electron chi connectivity index (χ4n) is 1.75. The van der Waals surface area contributed by atoms with Crippen LogP contribution >= 0.6 is 0 Å². The van der Waals surface area contributed by atoms with E-state index in [0.717, 1.165) is 24.1 Å². The molecule has 1 N–H and O–H groups in total. The topological polar surface area (TPSA) is 59.8 Å². The first-order valence-corrected chi connectivity index (χ1v) is 5.98. The summed E-state index contributed by atoms with van der Waals surface area (Å²) in [5.41, 5.74) is 2.38. The van der Waals surface area contributed by atoms with Crippen molar-refractivity contribution < 1.29 is 4.79 Å². The summed E-state index contributed by atoms with van der Waals surface area (Å²) in [5.74, 6) is -0.0391. The van der Waals surface area contributed by atoms with Crippen LogP contribution in [-0.4, -0.2) is 26.7 Å². The first-order chi connectivity index (χ1) is 8.72. The van der Waals surface area contributed by atoms with Crippen molar-refractivity contribution in [3.05, 3.63) is 36.3 Å². The molecule has 3 rings (SSSR count). The highest BCUT2D eigenvalue weighted by molar-refractivity contribution is 5.94. The Balaban J connectivity index is 1.77. The summed E-state index contributed by atoms with van der Waals surface area (Å²) >= 11 is 0. The second kappa shape index (κ2) is 4.25. The van der Waals surface area contributed by atoms with Gasteiger partial charge in [0, 0.05) is 31.0 Å². The van der Waals surface area contributed by atoms with E-state index in [-0.39, 0.29) is 5.91 Å². The number of nitrogens with zero attached hydrogens (tertiary/aromatic N) is 3. The first-order valence-electron chi connectivity index (χ1n) is 5.98. The molecule has 2 aromatic rings. The van der Waals surface area contributed by atoms with E-state index in [1.807, 2.05) is 19.3 Å². The summed E-state index contributed by atoms with van der Waals surface area (Å²) in [6, 6.07) is 4.02. The second-order valence-corrected chi connectivity index (χ2v) is 4.58. The van der Waals surface area contributed by atoms with Gasteiger partial charge < -0.3 is 5.32 Å². The SMILES string of the molecule is Cn1cc(-c2ccc(C(=O)NC3CC3)cn2)cn1. The van der Waals surface area contributed by atoms with Gasteiger partial charge in [-0.1, -0.05) is 0 Å². The summed E-state index contributed by atoms with van der Waals surface area (Å²) in [6.45, 7) is 0. The molecule has 1 aliphatic rings. The minimum atomic E-state index is -0.0391. The molecule has 0 atom stereocenters. The standard InChI is InChI=1S/C13H14N4O/c1-17-8-10(7-15-17)12-5-2-9(6-14-12)13(18)16-11-3-4-11/h2,5-8,11H,3-4H2,1H3,(H,16,18). The molecule has 2 heterocycles. The largest absolute Gasteiger partial charge is 0.349 e. The van der Waals surface area contributed by atoms with Gasteiger partial charge in [-0.15, -0.1) is 0 Å². The molecule has 0 radical (unpaired) electrons. The highest BCUT2D eigenvalue weighted by atomic mass is 16.1. The van der Waals surface area contributed by atoms with Crippen LogP contribution < -0.4 is 5.32 Å². The van der Waals surface area contributed by atoms with Crippen molar-refractivity contribution in [2.45, 2.75) is 18.9 Å². The van der Waals surface area contributed by atoms with Crippen molar-refractivity contribution in [1.29, 1.82) is 0 Å². The molecule has 1 saturated carbocycles. The van der Waals surface area contributed by atoms with Gasteiger partial charge in [-0.05, 0) is 25.0 Å². The minimum absolute atomic E-state index is 0.0391. The predicted molar refractivity (Wildman–Crippen MR) is 66.9 cm³/mol. The Bertz CT molecular complexity index is 569. The van der Waals surface area contributed by atoms with E-state index in [0.29, 0.717) is 11.6 Å². The third-order valence-electron chi connectivity index (χ3n) is 2.94. The van der Waals surface area contributed by atoms with Crippen LogP contribution in [0.2, 0.25) is 0 Å². The molecular formula is C13H14N4O. The summed E-state index contributed by atoms with van der Waals surface area (Å²) in [4.78, 5) is 16.1. The number of rotatable bonds is 3. The smallest absolute Gasteiger partial charge is 0.253 e. The van der Waals surface area contributed by atoms with Crippen LogP contribution in [0, 0.1) is 0 Å². The number of pyridine rings is 1. The molecule has 1 aliphatic carbocycles. The molecule has 1 fully saturated rings. The molecule has 5 nitrogen and oxygen atoms in total. The van der Waals surface area contributed by atoms with Crippen LogP contribution in [-0.2, 0) is 7.05 Å². The molecule has 0 aromatic carbocycles. The average Bonchev–Trinajstić information content (AvgIpc) is 3.09. The predicted octanol–water partition coefficient (Wildman–Crippen LogP) is 1.37. The van der Waals surface area contributed by atoms with Crippen molar-refractivity contribution in [2.24, 2.45) is 7.05 Å². The zero-order chi connectivity index (χ0) is 12.5. The second-order valence-electron chi connectivity index (χ2n) is 4.58. The lowest BCUT2D eigenvalue weighted by atomic mass is 10.2. The van der Waals surface area contributed by atoms with E-state index >= 15 is 0 Å².